The summed E-state index contributed by atoms with van der Waals surface area (Å²) in [6, 6.07) is 8.37. The van der Waals surface area contributed by atoms with Gasteiger partial charge < -0.3 is 19.7 Å². The molecule has 1 N–H and O–H groups in total. The Bertz CT molecular complexity index is 1090. The van der Waals surface area contributed by atoms with Gasteiger partial charge in [0.2, 0.25) is 6.41 Å². The number of hydrogen-bond acceptors (Lipinski definition) is 6. The molecule has 3 aromatic rings. The Labute approximate surface area is 187 Å². The van der Waals surface area contributed by atoms with Gasteiger partial charge in [-0.25, -0.2) is 14.4 Å². The van der Waals surface area contributed by atoms with Crippen molar-refractivity contribution in [1.29, 1.82) is 0 Å². The first-order valence-corrected chi connectivity index (χ1v) is 10.7. The smallest absolute Gasteiger partial charge is 0.209 e. The van der Waals surface area contributed by atoms with E-state index >= 15 is 0 Å². The molecule has 1 aliphatic heterocycles. The Hall–Kier alpha value is -2.94. The number of ether oxygens (including phenoxy) is 2. The molecule has 0 aliphatic carbocycles. The van der Waals surface area contributed by atoms with Crippen molar-refractivity contribution < 1.29 is 18.7 Å². The lowest BCUT2D eigenvalue weighted by molar-refractivity contribution is -0.119. The number of hydrogen-bond donors (Lipinski definition) is 1. The number of nitrogens with one attached hydrogen (secondary N) is 1. The second-order valence-electron chi connectivity index (χ2n) is 7.39. The van der Waals surface area contributed by atoms with Crippen molar-refractivity contribution in [1.82, 2.24) is 14.9 Å². The van der Waals surface area contributed by atoms with E-state index in [9.17, 15) is 9.18 Å². The number of benzene rings is 2. The van der Waals surface area contributed by atoms with E-state index in [0.717, 1.165) is 32.3 Å². The summed E-state index contributed by atoms with van der Waals surface area (Å²) in [4.78, 5) is 21.3. The van der Waals surface area contributed by atoms with E-state index in [0.29, 0.717) is 50.9 Å². The maximum absolute atomic E-state index is 14.3. The normalized spacial score (nSPS) is 14.5. The molecule has 0 atom stereocenters. The van der Waals surface area contributed by atoms with Crippen LogP contribution in [-0.4, -0.2) is 48.1 Å². The molecule has 1 fully saturated rings. The first-order valence-electron chi connectivity index (χ1n) is 9.94. The highest BCUT2D eigenvalue weighted by Gasteiger charge is 2.20. The van der Waals surface area contributed by atoms with Gasteiger partial charge in [0.05, 0.1) is 24.9 Å². The molecule has 1 saturated heterocycles. The number of carbonyl (C=O) groups excluding carboxylic acids is 1. The lowest BCUT2D eigenvalue weighted by Gasteiger charge is -2.29. The van der Waals surface area contributed by atoms with Gasteiger partial charge in [0, 0.05) is 29.0 Å². The second kappa shape index (κ2) is 9.47. The molecular weight excluding hydrogens is 467 g/mol. The standard InChI is InChI=1S/C22H22BrFN4O3/c1-30-20-9-16-19(10-21(20)31-11-14-4-6-28(13-29)7-5-14)25-12-26-22(16)27-18-3-2-15(23)8-17(18)24/h2-3,8-10,12-14H,4-7,11H2,1H3,(H,25,26,27). The molecule has 1 amide bonds. The van der Waals surface area contributed by atoms with Gasteiger partial charge in [0.1, 0.15) is 18.0 Å². The molecule has 162 valence electrons. The predicted octanol–water partition coefficient (Wildman–Crippen LogP) is 4.53. The average Bonchev–Trinajstić information content (AvgIpc) is 2.79. The number of amides is 1. The van der Waals surface area contributed by atoms with Crippen LogP contribution in [0.1, 0.15) is 12.8 Å². The van der Waals surface area contributed by atoms with Gasteiger partial charge in [0.15, 0.2) is 11.5 Å². The summed E-state index contributed by atoms with van der Waals surface area (Å²) in [6.07, 6.45) is 4.13. The Morgan fingerprint density at radius 3 is 2.74 bits per heavy atom. The number of fused-ring (bicyclic) bond motifs is 1. The molecule has 0 saturated carbocycles. The Balaban J connectivity index is 1.56. The van der Waals surface area contributed by atoms with Gasteiger partial charge in [-0.05, 0) is 43.0 Å². The van der Waals surface area contributed by atoms with Gasteiger partial charge in [-0.3, -0.25) is 4.79 Å². The van der Waals surface area contributed by atoms with Crippen LogP contribution < -0.4 is 14.8 Å². The topological polar surface area (TPSA) is 76.6 Å². The van der Waals surface area contributed by atoms with Crippen molar-refractivity contribution in [3.8, 4) is 11.5 Å². The third-order valence-electron chi connectivity index (χ3n) is 5.38. The molecule has 2 heterocycles. The summed E-state index contributed by atoms with van der Waals surface area (Å²) in [5.41, 5.74) is 0.964. The molecule has 9 heteroatoms. The molecule has 0 bridgehead atoms. The average molecular weight is 489 g/mol. The molecule has 2 aromatic carbocycles. The molecular formula is C22H22BrFN4O3. The second-order valence-corrected chi connectivity index (χ2v) is 8.30. The molecule has 1 aliphatic rings. The molecule has 0 unspecified atom stereocenters. The number of carbonyl (C=O) groups is 1. The molecule has 0 radical (unpaired) electrons. The molecule has 31 heavy (non-hydrogen) atoms. The van der Waals surface area contributed by atoms with Crippen LogP contribution >= 0.6 is 15.9 Å². The van der Waals surface area contributed by atoms with E-state index in [4.69, 9.17) is 9.47 Å². The summed E-state index contributed by atoms with van der Waals surface area (Å²) < 4.78 is 26.5. The van der Waals surface area contributed by atoms with Crippen molar-refractivity contribution in [2.24, 2.45) is 5.92 Å². The van der Waals surface area contributed by atoms with E-state index in [1.165, 1.54) is 12.4 Å². The minimum Gasteiger partial charge on any atom is -0.493 e. The van der Waals surface area contributed by atoms with E-state index in [1.54, 1.807) is 36.3 Å². The molecule has 1 aromatic heterocycles. The number of aromatic nitrogens is 2. The highest BCUT2D eigenvalue weighted by molar-refractivity contribution is 9.10. The Morgan fingerprint density at radius 1 is 1.23 bits per heavy atom. The van der Waals surface area contributed by atoms with Gasteiger partial charge >= 0.3 is 0 Å². The minimum absolute atomic E-state index is 0.309. The summed E-state index contributed by atoms with van der Waals surface area (Å²) in [7, 11) is 1.57. The van der Waals surface area contributed by atoms with E-state index in [-0.39, 0.29) is 0 Å². The van der Waals surface area contributed by atoms with E-state index in [2.05, 4.69) is 31.2 Å². The van der Waals surface area contributed by atoms with Crippen LogP contribution in [-0.2, 0) is 4.79 Å². The van der Waals surface area contributed by atoms with Crippen LogP contribution in [0.15, 0.2) is 41.1 Å². The van der Waals surface area contributed by atoms with E-state index in [1.807, 2.05) is 0 Å². The maximum Gasteiger partial charge on any atom is 0.209 e. The molecule has 7 nitrogen and oxygen atoms in total. The van der Waals surface area contributed by atoms with Crippen LogP contribution in [0.4, 0.5) is 15.9 Å². The first-order chi connectivity index (χ1) is 15.1. The number of methoxy groups -OCH3 is 1. The Kier molecular flexibility index (Phi) is 6.50. The van der Waals surface area contributed by atoms with Crippen molar-refractivity contribution >= 4 is 44.7 Å². The monoisotopic (exact) mass is 488 g/mol. The molecule has 0 spiro atoms. The Morgan fingerprint density at radius 2 is 2.03 bits per heavy atom. The fourth-order valence-electron chi connectivity index (χ4n) is 3.59. The predicted molar refractivity (Wildman–Crippen MR) is 119 cm³/mol. The zero-order valence-corrected chi connectivity index (χ0v) is 18.6. The van der Waals surface area contributed by atoms with Crippen molar-refractivity contribution in [2.75, 3.05) is 32.1 Å². The zero-order valence-electron chi connectivity index (χ0n) is 17.0. The van der Waals surface area contributed by atoms with Crippen LogP contribution in [0.3, 0.4) is 0 Å². The van der Waals surface area contributed by atoms with Crippen molar-refractivity contribution in [3.63, 3.8) is 0 Å². The van der Waals surface area contributed by atoms with Gasteiger partial charge in [-0.15, -0.1) is 0 Å². The fraction of sp³-hybridized carbons (Fsp3) is 0.318. The number of halogens is 2. The fourth-order valence-corrected chi connectivity index (χ4v) is 3.92. The quantitative estimate of drug-likeness (QED) is 0.492. The van der Waals surface area contributed by atoms with Crippen LogP contribution in [0, 0.1) is 11.7 Å². The summed E-state index contributed by atoms with van der Waals surface area (Å²) >= 11 is 3.26. The lowest BCUT2D eigenvalue weighted by atomic mass is 9.98. The van der Waals surface area contributed by atoms with Crippen LogP contribution in [0.2, 0.25) is 0 Å². The SMILES string of the molecule is COc1cc2c(Nc3ccc(Br)cc3F)ncnc2cc1OCC1CCN(C=O)CC1. The summed E-state index contributed by atoms with van der Waals surface area (Å²) in [5, 5.41) is 3.72. The number of anilines is 2. The van der Waals surface area contributed by atoms with Gasteiger partial charge in [-0.1, -0.05) is 15.9 Å². The van der Waals surface area contributed by atoms with Crippen LogP contribution in [0.25, 0.3) is 10.9 Å². The zero-order chi connectivity index (χ0) is 21.8. The summed E-state index contributed by atoms with van der Waals surface area (Å²) in [6.45, 7) is 2.04. The highest BCUT2D eigenvalue weighted by atomic mass is 79.9. The summed E-state index contributed by atoms with van der Waals surface area (Å²) in [5.74, 6) is 1.59. The van der Waals surface area contributed by atoms with E-state index < -0.39 is 5.82 Å². The third kappa shape index (κ3) is 4.87. The van der Waals surface area contributed by atoms with Crippen molar-refractivity contribution in [3.05, 3.63) is 46.9 Å². The lowest BCUT2D eigenvalue weighted by Crippen LogP contribution is -2.34. The third-order valence-corrected chi connectivity index (χ3v) is 5.87. The van der Waals surface area contributed by atoms with Crippen LogP contribution in [0.5, 0.6) is 11.5 Å². The maximum atomic E-state index is 14.3. The highest BCUT2D eigenvalue weighted by Crippen LogP contribution is 2.35. The van der Waals surface area contributed by atoms with Crippen molar-refractivity contribution in [2.45, 2.75) is 12.8 Å². The minimum atomic E-state index is -0.395. The van der Waals surface area contributed by atoms with Gasteiger partial charge in [0.25, 0.3) is 0 Å². The number of rotatable bonds is 7. The number of piperidine rings is 1. The largest absolute Gasteiger partial charge is 0.493 e. The first kappa shape index (κ1) is 21.3. The number of likely N-dealkylation sites (tertiary alicyclic amines) is 1. The molecule has 4 rings (SSSR count). The van der Waals surface area contributed by atoms with Gasteiger partial charge in [-0.2, -0.15) is 0 Å². The number of nitrogens with zero attached hydrogens (tertiary/aromatic N) is 3.